The number of amides is 6. The maximum Gasteiger partial charge on any atom is 0.326 e. The molecule has 1 aliphatic heterocycles. The highest BCUT2D eigenvalue weighted by molar-refractivity contribution is 7.98. The molecule has 25 heteroatoms. The van der Waals surface area contributed by atoms with Crippen LogP contribution >= 0.6 is 11.8 Å². The molecule has 0 radical (unpaired) electrons. The second-order valence-corrected chi connectivity index (χ2v) is 17.5. The van der Waals surface area contributed by atoms with Crippen molar-refractivity contribution in [1.29, 1.82) is 0 Å². The van der Waals surface area contributed by atoms with Crippen LogP contribution in [0.2, 0.25) is 0 Å². The van der Waals surface area contributed by atoms with Gasteiger partial charge in [-0.3, -0.25) is 58.0 Å². The minimum absolute atomic E-state index is 0.0725. The number of hydrogen-bond donors (Lipinski definition) is 10. The van der Waals surface area contributed by atoms with E-state index in [-0.39, 0.29) is 123 Å². The SMILES string of the molecule is CCC.CCC(=O)CCCCCNC(=O)NCCCCC(NC(=O)CNC(=O)C(CCSC)NC(=O)CCNC(=O)CN1CCN(CC(=O)O)CCN(CC(=O)O)CCN(CC(=O)O)CC1)C(=O)O. The minimum Gasteiger partial charge on any atom is -0.480 e. The van der Waals surface area contributed by atoms with Crippen molar-refractivity contribution in [1.82, 2.24) is 51.5 Å². The summed E-state index contributed by atoms with van der Waals surface area (Å²) in [6.07, 6.45) is 7.36. The van der Waals surface area contributed by atoms with Crippen LogP contribution in [0.15, 0.2) is 0 Å². The predicted octanol–water partition coefficient (Wildman–Crippen LogP) is -0.683. The van der Waals surface area contributed by atoms with Crippen molar-refractivity contribution in [3.05, 3.63) is 0 Å². The molecule has 0 aliphatic carbocycles. The van der Waals surface area contributed by atoms with Crippen LogP contribution in [-0.4, -0.2) is 228 Å². The molecule has 1 heterocycles. The Morgan fingerprint density at radius 1 is 0.507 bits per heavy atom. The van der Waals surface area contributed by atoms with Gasteiger partial charge in [-0.05, 0) is 50.5 Å². The summed E-state index contributed by atoms with van der Waals surface area (Å²) in [6.45, 7) is 6.88. The lowest BCUT2D eigenvalue weighted by Gasteiger charge is -2.32. The van der Waals surface area contributed by atoms with Crippen LogP contribution in [0.25, 0.3) is 0 Å². The lowest BCUT2D eigenvalue weighted by atomic mass is 10.1. The molecule has 6 amide bonds. The molecule has 0 aromatic carbocycles. The van der Waals surface area contributed by atoms with Crippen LogP contribution < -0.4 is 31.9 Å². The first-order chi connectivity index (χ1) is 32.8. The molecule has 69 heavy (non-hydrogen) atoms. The van der Waals surface area contributed by atoms with E-state index in [0.29, 0.717) is 38.0 Å². The van der Waals surface area contributed by atoms with Gasteiger partial charge in [-0.1, -0.05) is 33.6 Å². The van der Waals surface area contributed by atoms with E-state index in [4.69, 9.17) is 0 Å². The molecule has 10 N–H and O–H groups in total. The van der Waals surface area contributed by atoms with Crippen molar-refractivity contribution >= 4 is 71.1 Å². The Hall–Kier alpha value is -5.11. The molecule has 2 unspecified atom stereocenters. The number of carbonyl (C=O) groups is 10. The highest BCUT2D eigenvalue weighted by Crippen LogP contribution is 2.05. The summed E-state index contributed by atoms with van der Waals surface area (Å²) in [5.74, 6) is -6.25. The highest BCUT2D eigenvalue weighted by atomic mass is 32.2. The van der Waals surface area contributed by atoms with Crippen molar-refractivity contribution in [3.8, 4) is 0 Å². The Bertz CT molecular complexity index is 1560. The predicted molar refractivity (Wildman–Crippen MR) is 259 cm³/mol. The maximum absolute atomic E-state index is 13.1. The number of carbonyl (C=O) groups excluding carboxylic acids is 6. The second-order valence-electron chi connectivity index (χ2n) is 16.6. The molecule has 1 aliphatic rings. The Morgan fingerprint density at radius 3 is 1.42 bits per heavy atom. The fraction of sp³-hybridized carbons (Fsp3) is 0.773. The number of carboxylic acid groups (broad SMARTS) is 4. The van der Waals surface area contributed by atoms with Crippen molar-refractivity contribution in [2.75, 3.05) is 117 Å². The molecule has 0 bridgehead atoms. The fourth-order valence-electron chi connectivity index (χ4n) is 6.66. The van der Waals surface area contributed by atoms with Gasteiger partial charge in [-0.2, -0.15) is 11.8 Å². The van der Waals surface area contributed by atoms with Crippen LogP contribution in [0.1, 0.15) is 91.4 Å². The molecule has 396 valence electrons. The van der Waals surface area contributed by atoms with E-state index in [9.17, 15) is 68.4 Å². The molecule has 0 aromatic rings. The van der Waals surface area contributed by atoms with E-state index in [0.717, 1.165) is 19.3 Å². The lowest BCUT2D eigenvalue weighted by molar-refractivity contribution is -0.142. The molecule has 24 nitrogen and oxygen atoms in total. The number of ketones is 1. The van der Waals surface area contributed by atoms with Crippen LogP contribution in [0, 0.1) is 0 Å². The quantitative estimate of drug-likeness (QED) is 0.0373. The number of hydrogen-bond acceptors (Lipinski definition) is 15. The Balaban J connectivity index is 0.0000150. The summed E-state index contributed by atoms with van der Waals surface area (Å²) >= 11 is 1.42. The monoisotopic (exact) mass is 1000 g/mol. The Kier molecular flexibility index (Phi) is 36.8. The summed E-state index contributed by atoms with van der Waals surface area (Å²) in [4.78, 5) is 128. The first-order valence-electron chi connectivity index (χ1n) is 23.8. The number of carboxylic acids is 4. The third-order valence-electron chi connectivity index (χ3n) is 10.4. The molecule has 1 rings (SSSR count). The van der Waals surface area contributed by atoms with Gasteiger partial charge in [0.1, 0.15) is 17.9 Å². The standard InChI is InChI=1S/C41H72N10O14S.C3H8/c1-3-30(52)9-5-4-7-13-43-41(65)44-14-8-6-10-32(40(63)64)47-34(54)25-45-39(62)31(12-24-66-2)46-33(53)11-15-42-35(55)26-48-16-18-49(27-36(56)57)20-22-51(29-38(60)61)23-21-50(19-17-48)28-37(58)59;1-3-2/h31-32H,3-29H2,1-2H3,(H,42,55)(H,45,62)(H,46,53)(H,47,54)(H,56,57)(H,58,59)(H,60,61)(H,63,64)(H2,43,44,65);3H2,1-2H3. The van der Waals surface area contributed by atoms with Gasteiger partial charge in [0.2, 0.25) is 23.6 Å². The van der Waals surface area contributed by atoms with Crippen molar-refractivity contribution < 1.29 is 68.4 Å². The van der Waals surface area contributed by atoms with Gasteiger partial charge >= 0.3 is 29.9 Å². The van der Waals surface area contributed by atoms with E-state index in [1.165, 1.54) is 18.2 Å². The summed E-state index contributed by atoms with van der Waals surface area (Å²) in [5.41, 5.74) is 0. The van der Waals surface area contributed by atoms with Gasteiger partial charge in [0, 0.05) is 91.3 Å². The zero-order valence-electron chi connectivity index (χ0n) is 41.0. The van der Waals surface area contributed by atoms with Crippen LogP contribution in [0.3, 0.4) is 0 Å². The average Bonchev–Trinajstić information content (AvgIpc) is 3.27. The van der Waals surface area contributed by atoms with Gasteiger partial charge < -0.3 is 52.3 Å². The molecular weight excluding hydrogens is 925 g/mol. The minimum atomic E-state index is -1.27. The van der Waals surface area contributed by atoms with Crippen LogP contribution in [0.4, 0.5) is 4.79 Å². The normalized spacial score (nSPS) is 15.0. The largest absolute Gasteiger partial charge is 0.480 e. The smallest absolute Gasteiger partial charge is 0.326 e. The number of thioether (sulfide) groups is 1. The third-order valence-corrected chi connectivity index (χ3v) is 11.0. The Morgan fingerprint density at radius 2 is 0.971 bits per heavy atom. The second kappa shape index (κ2) is 39.7. The first-order valence-corrected chi connectivity index (χ1v) is 25.2. The van der Waals surface area contributed by atoms with E-state index >= 15 is 0 Å². The summed E-state index contributed by atoms with van der Waals surface area (Å²) < 4.78 is 0. The molecule has 0 aromatic heterocycles. The maximum atomic E-state index is 13.1. The van der Waals surface area contributed by atoms with Crippen molar-refractivity contribution in [2.24, 2.45) is 0 Å². The van der Waals surface area contributed by atoms with E-state index in [1.807, 2.05) is 6.92 Å². The van der Waals surface area contributed by atoms with Gasteiger partial charge in [-0.15, -0.1) is 0 Å². The summed E-state index contributed by atoms with van der Waals surface area (Å²) in [5, 5.41) is 53.4. The van der Waals surface area contributed by atoms with Gasteiger partial charge in [-0.25, -0.2) is 9.59 Å². The number of Topliss-reactive ketones (excluding diaryl/α,β-unsaturated/α-hetero) is 1. The third kappa shape index (κ3) is 35.6. The van der Waals surface area contributed by atoms with E-state index < -0.39 is 66.1 Å². The first kappa shape index (κ1) is 63.9. The number of unbranched alkanes of at least 4 members (excludes halogenated alkanes) is 3. The topological polar surface area (TPSA) is 337 Å². The summed E-state index contributed by atoms with van der Waals surface area (Å²) in [6, 6.07) is -2.63. The molecule has 2 atom stereocenters. The van der Waals surface area contributed by atoms with Crippen LogP contribution in [0.5, 0.6) is 0 Å². The highest BCUT2D eigenvalue weighted by Gasteiger charge is 2.25. The molecule has 1 saturated heterocycles. The van der Waals surface area contributed by atoms with Crippen molar-refractivity contribution in [3.63, 3.8) is 0 Å². The number of urea groups is 1. The van der Waals surface area contributed by atoms with Gasteiger partial charge in [0.05, 0.1) is 32.7 Å². The number of rotatable bonds is 32. The molecule has 0 saturated carbocycles. The zero-order valence-corrected chi connectivity index (χ0v) is 41.8. The zero-order chi connectivity index (χ0) is 52.0. The number of nitrogens with zero attached hydrogens (tertiary/aromatic N) is 4. The number of nitrogens with one attached hydrogen (secondary N) is 6. The van der Waals surface area contributed by atoms with E-state index in [1.54, 1.807) is 25.9 Å². The lowest BCUT2D eigenvalue weighted by Crippen LogP contribution is -2.51. The van der Waals surface area contributed by atoms with Gasteiger partial charge in [0.25, 0.3) is 0 Å². The number of aliphatic carboxylic acids is 4. The van der Waals surface area contributed by atoms with Crippen molar-refractivity contribution in [2.45, 2.75) is 103 Å². The fourth-order valence-corrected chi connectivity index (χ4v) is 7.14. The summed E-state index contributed by atoms with van der Waals surface area (Å²) in [7, 11) is 0. The Labute approximate surface area is 410 Å². The van der Waals surface area contributed by atoms with Gasteiger partial charge in [0.15, 0.2) is 0 Å². The molecule has 0 spiro atoms. The van der Waals surface area contributed by atoms with Crippen LogP contribution in [-0.2, 0) is 43.2 Å². The van der Waals surface area contributed by atoms with E-state index in [2.05, 4.69) is 45.7 Å². The molecule has 1 fully saturated rings. The molecular formula is C44H80N10O14S. The average molecular weight is 1010 g/mol.